The molecule has 4 rings (SSSR count). The molecule has 9 heteroatoms. The van der Waals surface area contributed by atoms with E-state index in [4.69, 9.17) is 15.6 Å². The van der Waals surface area contributed by atoms with Gasteiger partial charge in [-0.05, 0) is 62.6 Å². The minimum Gasteiger partial charge on any atom is -0.402 e. The molecule has 0 bridgehead atoms. The predicted octanol–water partition coefficient (Wildman–Crippen LogP) is 4.38. The van der Waals surface area contributed by atoms with Crippen LogP contribution in [0.1, 0.15) is 32.3 Å². The first kappa shape index (κ1) is 25.4. The summed E-state index contributed by atoms with van der Waals surface area (Å²) >= 11 is 0. The van der Waals surface area contributed by atoms with Gasteiger partial charge in [0.25, 0.3) is 0 Å². The summed E-state index contributed by atoms with van der Waals surface area (Å²) in [5, 5.41) is 15.7. The van der Waals surface area contributed by atoms with E-state index in [0.717, 1.165) is 47.1 Å². The number of hydrazone groups is 1. The largest absolute Gasteiger partial charge is 0.402 e. The molecule has 0 radical (unpaired) electrons. The number of benzene rings is 2. The number of ether oxygens (including phenoxy) is 1. The molecule has 0 unspecified atom stereocenters. The van der Waals surface area contributed by atoms with Crippen LogP contribution in [0.25, 0.3) is 10.9 Å². The van der Waals surface area contributed by atoms with E-state index in [1.54, 1.807) is 19.4 Å². The van der Waals surface area contributed by atoms with Crippen molar-refractivity contribution in [1.29, 1.82) is 0 Å². The lowest BCUT2D eigenvalue weighted by Gasteiger charge is -2.21. The highest BCUT2D eigenvalue weighted by molar-refractivity contribution is 6.21. The Morgan fingerprint density at radius 1 is 1.31 bits per heavy atom. The number of aromatic nitrogens is 2. The second kappa shape index (κ2) is 11.8. The van der Waals surface area contributed by atoms with Gasteiger partial charge in [0.1, 0.15) is 11.7 Å². The molecule has 36 heavy (non-hydrogen) atoms. The van der Waals surface area contributed by atoms with Crippen LogP contribution in [0.2, 0.25) is 0 Å². The summed E-state index contributed by atoms with van der Waals surface area (Å²) in [5.41, 5.74) is 10.3. The number of fused-ring (bicyclic) bond motifs is 1. The van der Waals surface area contributed by atoms with Gasteiger partial charge in [0, 0.05) is 37.0 Å². The number of nitrogens with one attached hydrogen (secondary N) is 1. The van der Waals surface area contributed by atoms with E-state index in [-0.39, 0.29) is 11.9 Å². The van der Waals surface area contributed by atoms with Crippen LogP contribution in [-0.2, 0) is 11.3 Å². The maximum Gasteiger partial charge on any atom is 0.136 e. The van der Waals surface area contributed by atoms with Crippen LogP contribution in [-0.4, -0.2) is 59.7 Å². The number of anilines is 1. The molecule has 2 heterocycles. The third-order valence-electron chi connectivity index (χ3n) is 6.16. The number of methoxy groups -OCH3 is 1. The topological polar surface area (TPSA) is 93.1 Å². The van der Waals surface area contributed by atoms with E-state index in [0.29, 0.717) is 31.2 Å². The molecule has 3 N–H and O–H groups in total. The summed E-state index contributed by atoms with van der Waals surface area (Å²) in [6.07, 6.45) is 5.76. The van der Waals surface area contributed by atoms with Gasteiger partial charge in [-0.2, -0.15) is 10.2 Å². The van der Waals surface area contributed by atoms with Gasteiger partial charge in [-0.1, -0.05) is 12.1 Å². The van der Waals surface area contributed by atoms with Crippen molar-refractivity contribution < 1.29 is 9.13 Å². The lowest BCUT2D eigenvalue weighted by Crippen LogP contribution is -2.29. The zero-order valence-corrected chi connectivity index (χ0v) is 21.1. The second-order valence-corrected chi connectivity index (χ2v) is 8.91. The zero-order valence-electron chi connectivity index (χ0n) is 21.1. The Balaban J connectivity index is 1.54. The molecule has 190 valence electrons. The predicted molar refractivity (Wildman–Crippen MR) is 144 cm³/mol. The lowest BCUT2D eigenvalue weighted by atomic mass is 10.1. The minimum absolute atomic E-state index is 0.250. The third-order valence-corrected chi connectivity index (χ3v) is 6.16. The van der Waals surface area contributed by atoms with Gasteiger partial charge in [-0.25, -0.2) is 4.39 Å². The van der Waals surface area contributed by atoms with Crippen LogP contribution < -0.4 is 11.1 Å². The number of amidine groups is 1. The zero-order chi connectivity index (χ0) is 25.5. The van der Waals surface area contributed by atoms with Gasteiger partial charge in [-0.3, -0.25) is 14.7 Å². The molecule has 1 fully saturated rings. The van der Waals surface area contributed by atoms with Crippen LogP contribution in [0, 0.1) is 5.82 Å². The van der Waals surface area contributed by atoms with E-state index in [1.165, 1.54) is 12.1 Å². The van der Waals surface area contributed by atoms with Crippen LogP contribution >= 0.6 is 0 Å². The average molecular weight is 492 g/mol. The number of nitrogens with two attached hydrogens (primary N) is 1. The summed E-state index contributed by atoms with van der Waals surface area (Å²) in [5.74, 6) is 0.412. The Hall–Kier alpha value is -3.72. The first-order valence-electron chi connectivity index (χ1n) is 12.3. The number of hydrogen-bond donors (Lipinski definition) is 2. The Labute approximate surface area is 211 Å². The van der Waals surface area contributed by atoms with Crippen molar-refractivity contribution >= 4 is 28.6 Å². The molecule has 3 aromatic rings. The number of hydrogen-bond acceptors (Lipinski definition) is 6. The van der Waals surface area contributed by atoms with Crippen LogP contribution in [0.3, 0.4) is 0 Å². The summed E-state index contributed by atoms with van der Waals surface area (Å²) in [6.45, 7) is 6.47. The van der Waals surface area contributed by atoms with Gasteiger partial charge >= 0.3 is 0 Å². The van der Waals surface area contributed by atoms with E-state index in [1.807, 2.05) is 49.0 Å². The Kier molecular flexibility index (Phi) is 8.32. The minimum atomic E-state index is -0.250. The second-order valence-electron chi connectivity index (χ2n) is 8.91. The molecule has 1 aliphatic heterocycles. The van der Waals surface area contributed by atoms with Gasteiger partial charge in [-0.15, -0.1) is 0 Å². The Morgan fingerprint density at radius 2 is 2.17 bits per heavy atom. The van der Waals surface area contributed by atoms with Crippen molar-refractivity contribution in [3.63, 3.8) is 0 Å². The molecule has 8 nitrogen and oxygen atoms in total. The summed E-state index contributed by atoms with van der Waals surface area (Å²) < 4.78 is 20.8. The molecule has 2 aromatic carbocycles. The fraction of sp³-hybridized carbons (Fsp3) is 0.370. The van der Waals surface area contributed by atoms with Crippen LogP contribution in [0.15, 0.2) is 70.0 Å². The van der Waals surface area contributed by atoms with Crippen LogP contribution in [0.4, 0.5) is 10.1 Å². The van der Waals surface area contributed by atoms with Gasteiger partial charge in [0.15, 0.2) is 0 Å². The van der Waals surface area contributed by atoms with Crippen molar-refractivity contribution in [2.45, 2.75) is 39.3 Å². The standard InChI is InChI=1S/C27H34FN7O/c1-4-30-27(25(19(2)29)16-32-34-12-6-9-24(34)18-36-3)33-23-10-11-26-21(14-23)15-31-35(26)17-20-7-5-8-22(28)13-20/h5,7-8,10-11,13-16,24H,4,6,9,12,17-18,29H2,1-3H3,(H,30,33)/b25-19?,32-16+/t24-/m0/s1. The summed E-state index contributed by atoms with van der Waals surface area (Å²) in [4.78, 5) is 4.67. The molecule has 0 aliphatic carbocycles. The van der Waals surface area contributed by atoms with Crippen molar-refractivity contribution in [1.82, 2.24) is 14.8 Å². The maximum absolute atomic E-state index is 13.6. The normalized spacial score (nSPS) is 17.3. The van der Waals surface area contributed by atoms with E-state index >= 15 is 0 Å². The van der Waals surface area contributed by atoms with Gasteiger partial charge in [0.05, 0.1) is 42.7 Å². The number of aliphatic imine (C=N–C) groups is 1. The van der Waals surface area contributed by atoms with Crippen molar-refractivity contribution in [2.24, 2.45) is 15.8 Å². The fourth-order valence-electron chi connectivity index (χ4n) is 4.40. The quantitative estimate of drug-likeness (QED) is 0.342. The third kappa shape index (κ3) is 6.09. The van der Waals surface area contributed by atoms with E-state index in [9.17, 15) is 4.39 Å². The van der Waals surface area contributed by atoms with E-state index < -0.39 is 0 Å². The van der Waals surface area contributed by atoms with E-state index in [2.05, 4.69) is 20.4 Å². The van der Waals surface area contributed by atoms with Crippen LogP contribution in [0.5, 0.6) is 0 Å². The fourth-order valence-corrected chi connectivity index (χ4v) is 4.40. The average Bonchev–Trinajstić information content (AvgIpc) is 3.46. The Morgan fingerprint density at radius 3 is 2.92 bits per heavy atom. The first-order chi connectivity index (χ1) is 17.5. The summed E-state index contributed by atoms with van der Waals surface area (Å²) in [6, 6.07) is 12.8. The highest BCUT2D eigenvalue weighted by atomic mass is 19.1. The molecular formula is C27H34FN7O. The molecule has 0 amide bonds. The molecule has 1 aliphatic rings. The molecule has 0 saturated carbocycles. The maximum atomic E-state index is 13.6. The molecular weight excluding hydrogens is 457 g/mol. The molecule has 1 aromatic heterocycles. The summed E-state index contributed by atoms with van der Waals surface area (Å²) in [7, 11) is 1.72. The molecule has 1 saturated heterocycles. The first-order valence-corrected chi connectivity index (χ1v) is 12.3. The van der Waals surface area contributed by atoms with Crippen molar-refractivity contribution in [2.75, 3.05) is 32.1 Å². The number of rotatable bonds is 9. The molecule has 0 spiro atoms. The van der Waals surface area contributed by atoms with Crippen molar-refractivity contribution in [3.8, 4) is 0 Å². The van der Waals surface area contributed by atoms with Gasteiger partial charge < -0.3 is 15.8 Å². The number of allylic oxidation sites excluding steroid dienone is 1. The van der Waals surface area contributed by atoms with Gasteiger partial charge in [0.2, 0.25) is 0 Å². The highest BCUT2D eigenvalue weighted by Crippen LogP contribution is 2.22. The Bertz CT molecular complexity index is 1280. The monoisotopic (exact) mass is 491 g/mol. The molecule has 1 atom stereocenters. The smallest absolute Gasteiger partial charge is 0.136 e. The SMILES string of the molecule is CC/N=C(/Nc1ccc2c(cnn2Cc2cccc(F)c2)c1)C(/C=N/N1CCC[C@H]1COC)=C(C)N. The van der Waals surface area contributed by atoms with Crippen molar-refractivity contribution in [3.05, 3.63) is 71.3 Å². The number of nitrogens with zero attached hydrogens (tertiary/aromatic N) is 5. The lowest BCUT2D eigenvalue weighted by molar-refractivity contribution is 0.118. The highest BCUT2D eigenvalue weighted by Gasteiger charge is 2.23. The number of halogens is 1.